The zero-order valence-electron chi connectivity index (χ0n) is 7.03. The van der Waals surface area contributed by atoms with Gasteiger partial charge in [-0.25, -0.2) is 15.8 Å². The quantitative estimate of drug-likeness (QED) is 0.619. The number of carbonyl (C=O) groups is 1. The third kappa shape index (κ3) is 2.33. The summed E-state index contributed by atoms with van der Waals surface area (Å²) in [5, 5.41) is 1.01. The van der Waals surface area contributed by atoms with E-state index in [1.54, 1.807) is 0 Å². The molecule has 0 spiro atoms. The predicted octanol–water partition coefficient (Wildman–Crippen LogP) is 0.261. The third-order valence-corrected chi connectivity index (χ3v) is 1.80. The Balaban J connectivity index is 1.62. The lowest BCUT2D eigenvalue weighted by molar-refractivity contribution is -0.115. The molecule has 2 aliphatic rings. The van der Waals surface area contributed by atoms with E-state index in [0.29, 0.717) is 12.5 Å². The van der Waals surface area contributed by atoms with Crippen molar-refractivity contribution < 1.29 is 14.6 Å². The van der Waals surface area contributed by atoms with Gasteiger partial charge in [0.2, 0.25) is 0 Å². The molecule has 0 radical (unpaired) electrons. The Labute approximate surface area is 75.3 Å². The van der Waals surface area contributed by atoms with Crippen LogP contribution in [0.3, 0.4) is 0 Å². The molecular weight excluding hydrogens is 174 g/mol. The van der Waals surface area contributed by atoms with Crippen molar-refractivity contribution in [2.45, 2.75) is 12.8 Å². The number of carbonyl (C=O) groups excluding carboxylic acids is 1. The van der Waals surface area contributed by atoms with Crippen LogP contribution in [0.25, 0.3) is 0 Å². The fourth-order valence-electron chi connectivity index (χ4n) is 0.876. The maximum Gasteiger partial charge on any atom is 0.371 e. The molecular formula is C7H11N3O3. The molecule has 6 nitrogen and oxygen atoms in total. The number of hydroxylamine groups is 4. The molecule has 6 heteroatoms. The first-order chi connectivity index (χ1) is 6.36. The number of amides is 2. The molecule has 2 N–H and O–H groups in total. The fourth-order valence-corrected chi connectivity index (χ4v) is 0.876. The maximum atomic E-state index is 11.1. The smallest absolute Gasteiger partial charge is 0.272 e. The highest BCUT2D eigenvalue weighted by atomic mass is 16.8. The van der Waals surface area contributed by atoms with Gasteiger partial charge in [0.05, 0.1) is 12.8 Å². The van der Waals surface area contributed by atoms with Gasteiger partial charge in [0.15, 0.2) is 0 Å². The summed E-state index contributed by atoms with van der Waals surface area (Å²) in [7, 11) is 0. The van der Waals surface area contributed by atoms with Crippen LogP contribution in [-0.4, -0.2) is 17.7 Å². The van der Waals surface area contributed by atoms with Gasteiger partial charge in [0.25, 0.3) is 0 Å². The molecule has 72 valence electrons. The van der Waals surface area contributed by atoms with Crippen LogP contribution in [-0.2, 0) is 9.78 Å². The SMILES string of the molecule is O=C(NOCC1CC1)N1C=CNO1. The lowest BCUT2D eigenvalue weighted by atomic mass is 10.5. The van der Waals surface area contributed by atoms with Crippen LogP contribution in [0, 0.1) is 5.92 Å². The zero-order valence-corrected chi connectivity index (χ0v) is 7.03. The zero-order chi connectivity index (χ0) is 9.10. The first kappa shape index (κ1) is 8.33. The Hall–Kier alpha value is -1.27. The lowest BCUT2D eigenvalue weighted by Gasteiger charge is -2.11. The number of nitrogens with zero attached hydrogens (tertiary/aromatic N) is 1. The highest BCUT2D eigenvalue weighted by Gasteiger charge is 2.22. The molecule has 0 aromatic carbocycles. The van der Waals surface area contributed by atoms with Crippen molar-refractivity contribution in [1.29, 1.82) is 0 Å². The van der Waals surface area contributed by atoms with Crippen LogP contribution in [0.15, 0.2) is 12.4 Å². The van der Waals surface area contributed by atoms with Gasteiger partial charge < -0.3 is 0 Å². The second-order valence-electron chi connectivity index (χ2n) is 3.01. The van der Waals surface area contributed by atoms with Crippen LogP contribution >= 0.6 is 0 Å². The fraction of sp³-hybridized carbons (Fsp3) is 0.571. The van der Waals surface area contributed by atoms with Gasteiger partial charge in [-0.3, -0.25) is 4.84 Å². The van der Waals surface area contributed by atoms with Crippen LogP contribution in [0.5, 0.6) is 0 Å². The molecule has 1 fully saturated rings. The summed E-state index contributed by atoms with van der Waals surface area (Å²) in [6, 6.07) is -0.443. The Morgan fingerprint density at radius 1 is 1.77 bits per heavy atom. The van der Waals surface area contributed by atoms with Crippen LogP contribution in [0.2, 0.25) is 0 Å². The molecule has 0 atom stereocenters. The standard InChI is InChI=1S/C7H11N3O3/c11-7(10-4-3-8-13-10)9-12-5-6-1-2-6/h3-4,6,8H,1-2,5H2,(H,9,11). The van der Waals surface area contributed by atoms with E-state index in [2.05, 4.69) is 15.9 Å². The first-order valence-electron chi connectivity index (χ1n) is 4.16. The Morgan fingerprint density at radius 2 is 2.62 bits per heavy atom. The topological polar surface area (TPSA) is 62.8 Å². The van der Waals surface area contributed by atoms with Crippen LogP contribution in [0.4, 0.5) is 4.79 Å². The van der Waals surface area contributed by atoms with Crippen molar-refractivity contribution in [2.24, 2.45) is 5.92 Å². The Morgan fingerprint density at radius 3 is 3.23 bits per heavy atom. The van der Waals surface area contributed by atoms with Gasteiger partial charge in [0.1, 0.15) is 0 Å². The summed E-state index contributed by atoms with van der Waals surface area (Å²) in [5.74, 6) is 0.619. The minimum Gasteiger partial charge on any atom is -0.272 e. The average molecular weight is 185 g/mol. The minimum atomic E-state index is -0.443. The number of urea groups is 1. The molecule has 1 heterocycles. The summed E-state index contributed by atoms with van der Waals surface area (Å²) in [5.41, 5.74) is 4.66. The van der Waals surface area contributed by atoms with Crippen LogP contribution in [0.1, 0.15) is 12.8 Å². The average Bonchev–Trinajstić information content (AvgIpc) is 2.80. The largest absolute Gasteiger partial charge is 0.371 e. The molecule has 0 bridgehead atoms. The number of rotatable bonds is 3. The van der Waals surface area contributed by atoms with Gasteiger partial charge in [-0.15, -0.1) is 10.0 Å². The lowest BCUT2D eigenvalue weighted by Crippen LogP contribution is -2.36. The molecule has 1 saturated carbocycles. The molecule has 1 aliphatic carbocycles. The molecule has 0 aromatic rings. The normalized spacial score (nSPS) is 20.2. The molecule has 0 saturated heterocycles. The van der Waals surface area contributed by atoms with E-state index >= 15 is 0 Å². The second kappa shape index (κ2) is 3.63. The molecule has 2 rings (SSSR count). The molecule has 1 aliphatic heterocycles. The van der Waals surface area contributed by atoms with Gasteiger partial charge in [0, 0.05) is 6.20 Å². The van der Waals surface area contributed by atoms with Crippen LogP contribution < -0.4 is 11.0 Å². The number of nitrogens with one attached hydrogen (secondary N) is 2. The van der Waals surface area contributed by atoms with E-state index in [-0.39, 0.29) is 0 Å². The monoisotopic (exact) mass is 185 g/mol. The summed E-state index contributed by atoms with van der Waals surface area (Å²) in [6.45, 7) is 0.580. The maximum absolute atomic E-state index is 11.1. The van der Waals surface area contributed by atoms with E-state index in [9.17, 15) is 4.79 Å². The van der Waals surface area contributed by atoms with E-state index in [1.807, 2.05) is 0 Å². The summed E-state index contributed by atoms with van der Waals surface area (Å²) in [6.07, 6.45) is 5.34. The van der Waals surface area contributed by atoms with E-state index < -0.39 is 6.03 Å². The summed E-state index contributed by atoms with van der Waals surface area (Å²) in [4.78, 5) is 20.7. The first-order valence-corrected chi connectivity index (χ1v) is 4.16. The Kier molecular flexibility index (Phi) is 2.33. The predicted molar refractivity (Wildman–Crippen MR) is 42.4 cm³/mol. The highest BCUT2D eigenvalue weighted by Crippen LogP contribution is 2.28. The van der Waals surface area contributed by atoms with Gasteiger partial charge >= 0.3 is 6.03 Å². The molecule has 2 amide bonds. The third-order valence-electron chi connectivity index (χ3n) is 1.80. The molecule has 0 unspecified atom stereocenters. The van der Waals surface area contributed by atoms with Crippen molar-refractivity contribution in [3.05, 3.63) is 12.4 Å². The van der Waals surface area contributed by atoms with Crippen molar-refractivity contribution in [3.63, 3.8) is 0 Å². The van der Waals surface area contributed by atoms with Crippen molar-refractivity contribution in [2.75, 3.05) is 6.61 Å². The van der Waals surface area contributed by atoms with Gasteiger partial charge in [-0.1, -0.05) is 0 Å². The van der Waals surface area contributed by atoms with Crippen molar-refractivity contribution in [1.82, 2.24) is 16.0 Å². The van der Waals surface area contributed by atoms with Crippen molar-refractivity contribution in [3.8, 4) is 0 Å². The van der Waals surface area contributed by atoms with E-state index in [0.717, 1.165) is 5.06 Å². The number of hydrogen-bond donors (Lipinski definition) is 2. The summed E-state index contributed by atoms with van der Waals surface area (Å²) >= 11 is 0. The highest BCUT2D eigenvalue weighted by molar-refractivity contribution is 5.73. The van der Waals surface area contributed by atoms with E-state index in [4.69, 9.17) is 4.84 Å². The Bertz CT molecular complexity index is 227. The molecule has 13 heavy (non-hydrogen) atoms. The van der Waals surface area contributed by atoms with Crippen molar-refractivity contribution >= 4 is 6.03 Å². The van der Waals surface area contributed by atoms with Gasteiger partial charge in [-0.05, 0) is 18.8 Å². The van der Waals surface area contributed by atoms with Gasteiger partial charge in [-0.2, -0.15) is 0 Å². The minimum absolute atomic E-state index is 0.443. The van der Waals surface area contributed by atoms with E-state index in [1.165, 1.54) is 25.2 Å². The second-order valence-corrected chi connectivity index (χ2v) is 3.01. The summed E-state index contributed by atoms with van der Waals surface area (Å²) < 4.78 is 0. The molecule has 0 aromatic heterocycles. The number of hydrogen-bond acceptors (Lipinski definition) is 4.